The maximum absolute atomic E-state index is 12.5. The van der Waals surface area contributed by atoms with Crippen molar-refractivity contribution in [1.29, 1.82) is 0 Å². The lowest BCUT2D eigenvalue weighted by Gasteiger charge is -2.22. The molecule has 1 heterocycles. The molecular weight excluding hydrogens is 308 g/mol. The highest BCUT2D eigenvalue weighted by Crippen LogP contribution is 2.19. The van der Waals surface area contributed by atoms with Crippen LogP contribution in [0.1, 0.15) is 35.0 Å². The van der Waals surface area contributed by atoms with E-state index < -0.39 is 12.1 Å². The van der Waals surface area contributed by atoms with Crippen LogP contribution in [0.3, 0.4) is 0 Å². The molecule has 0 aliphatic carbocycles. The third kappa shape index (κ3) is 4.34. The zero-order valence-corrected chi connectivity index (χ0v) is 14.1. The van der Waals surface area contributed by atoms with E-state index in [4.69, 9.17) is 10.3 Å². The Balaban J connectivity index is 2.08. The summed E-state index contributed by atoms with van der Waals surface area (Å²) in [7, 11) is 1.71. The summed E-state index contributed by atoms with van der Waals surface area (Å²) in [4.78, 5) is 25.4. The van der Waals surface area contributed by atoms with Crippen LogP contribution in [-0.2, 0) is 11.3 Å². The number of benzene rings is 1. The van der Waals surface area contributed by atoms with Gasteiger partial charge in [0, 0.05) is 12.6 Å². The van der Waals surface area contributed by atoms with Gasteiger partial charge in [0.05, 0.1) is 24.7 Å². The zero-order chi connectivity index (χ0) is 17.7. The summed E-state index contributed by atoms with van der Waals surface area (Å²) in [5.41, 5.74) is 7.72. The minimum absolute atomic E-state index is 0.113. The summed E-state index contributed by atoms with van der Waals surface area (Å²) in [5.74, 6) is 0.583. The highest BCUT2D eigenvalue weighted by Gasteiger charge is 2.21. The molecule has 0 aliphatic rings. The van der Waals surface area contributed by atoms with E-state index in [1.807, 2.05) is 44.2 Å². The molecule has 0 unspecified atom stereocenters. The van der Waals surface area contributed by atoms with Gasteiger partial charge in [-0.2, -0.15) is 0 Å². The molecule has 3 N–H and O–H groups in total. The quantitative estimate of drug-likeness (QED) is 0.846. The fraction of sp³-hybridized carbons (Fsp3) is 0.353. The Kier molecular flexibility index (Phi) is 5.57. The number of hydrogen-bond acceptors (Lipinski definition) is 4. The van der Waals surface area contributed by atoms with Crippen LogP contribution >= 0.6 is 0 Å². The van der Waals surface area contributed by atoms with Crippen molar-refractivity contribution in [3.63, 3.8) is 0 Å². The maximum atomic E-state index is 12.5. The summed E-state index contributed by atoms with van der Waals surface area (Å²) in [6, 6.07) is 8.14. The fourth-order valence-electron chi connectivity index (χ4n) is 2.49. The Morgan fingerprint density at radius 3 is 2.50 bits per heavy atom. The number of nitrogens with one attached hydrogen (secondary N) is 1. The predicted molar refractivity (Wildman–Crippen MR) is 89.0 cm³/mol. The van der Waals surface area contributed by atoms with Gasteiger partial charge in [0.2, 0.25) is 5.91 Å². The summed E-state index contributed by atoms with van der Waals surface area (Å²) < 4.78 is 5.12. The number of rotatable bonds is 6. The van der Waals surface area contributed by atoms with Gasteiger partial charge >= 0.3 is 6.03 Å². The van der Waals surface area contributed by atoms with Crippen molar-refractivity contribution in [1.82, 2.24) is 15.4 Å². The Labute approximate surface area is 140 Å². The van der Waals surface area contributed by atoms with E-state index in [1.165, 1.54) is 0 Å². The van der Waals surface area contributed by atoms with Crippen molar-refractivity contribution in [3.8, 4) is 0 Å². The molecule has 0 fully saturated rings. The third-order valence-electron chi connectivity index (χ3n) is 3.90. The van der Waals surface area contributed by atoms with Crippen LogP contribution in [0.4, 0.5) is 4.79 Å². The van der Waals surface area contributed by atoms with Crippen LogP contribution in [0.25, 0.3) is 0 Å². The molecule has 0 saturated carbocycles. The van der Waals surface area contributed by atoms with Crippen LogP contribution in [-0.4, -0.2) is 29.0 Å². The Bertz CT molecular complexity index is 692. The summed E-state index contributed by atoms with van der Waals surface area (Å²) in [6.07, 6.45) is 0.118. The topological polar surface area (TPSA) is 101 Å². The molecule has 0 aliphatic heterocycles. The van der Waals surface area contributed by atoms with E-state index in [0.717, 1.165) is 16.8 Å². The van der Waals surface area contributed by atoms with Gasteiger partial charge in [0.15, 0.2) is 0 Å². The number of nitrogens with two attached hydrogens (primary N) is 1. The lowest BCUT2D eigenvalue weighted by Crippen LogP contribution is -2.37. The van der Waals surface area contributed by atoms with Crippen LogP contribution in [0.2, 0.25) is 0 Å². The van der Waals surface area contributed by atoms with Crippen molar-refractivity contribution in [3.05, 3.63) is 52.9 Å². The first-order valence-electron chi connectivity index (χ1n) is 7.65. The summed E-state index contributed by atoms with van der Waals surface area (Å²) >= 11 is 0. The first-order valence-corrected chi connectivity index (χ1v) is 7.65. The van der Waals surface area contributed by atoms with Gasteiger partial charge in [-0.3, -0.25) is 4.79 Å². The molecular formula is C17H22N4O3. The molecule has 24 heavy (non-hydrogen) atoms. The second-order valence-corrected chi connectivity index (χ2v) is 5.73. The molecule has 0 saturated heterocycles. The highest BCUT2D eigenvalue weighted by molar-refractivity contribution is 5.78. The van der Waals surface area contributed by atoms with Crippen molar-refractivity contribution in [2.75, 3.05) is 7.05 Å². The molecule has 3 amide bonds. The first kappa shape index (κ1) is 17.5. The molecule has 0 spiro atoms. The van der Waals surface area contributed by atoms with Crippen molar-refractivity contribution >= 4 is 11.9 Å². The number of primary amides is 1. The van der Waals surface area contributed by atoms with E-state index >= 15 is 0 Å². The summed E-state index contributed by atoms with van der Waals surface area (Å²) in [6.45, 7) is 4.05. The Hall–Kier alpha value is -2.83. The van der Waals surface area contributed by atoms with Gasteiger partial charge in [0.25, 0.3) is 0 Å². The number of hydrogen-bond donors (Lipinski definition) is 2. The van der Waals surface area contributed by atoms with Gasteiger partial charge in [-0.25, -0.2) is 4.79 Å². The second kappa shape index (κ2) is 7.63. The van der Waals surface area contributed by atoms with E-state index in [0.29, 0.717) is 12.3 Å². The molecule has 1 aromatic heterocycles. The number of carbonyl (C=O) groups is 2. The molecule has 7 heteroatoms. The lowest BCUT2D eigenvalue weighted by atomic mass is 10.0. The maximum Gasteiger partial charge on any atom is 0.312 e. The van der Waals surface area contributed by atoms with Gasteiger partial charge in [0.1, 0.15) is 5.76 Å². The number of aryl methyl sites for hydroxylation is 2. The molecule has 0 bridgehead atoms. The molecule has 0 radical (unpaired) electrons. The third-order valence-corrected chi connectivity index (χ3v) is 3.90. The number of nitrogens with zero attached hydrogens (tertiary/aromatic N) is 2. The Morgan fingerprint density at radius 2 is 1.96 bits per heavy atom. The smallest absolute Gasteiger partial charge is 0.312 e. The van der Waals surface area contributed by atoms with Gasteiger partial charge in [-0.05, 0) is 19.4 Å². The van der Waals surface area contributed by atoms with E-state index in [-0.39, 0.29) is 12.3 Å². The molecule has 7 nitrogen and oxygen atoms in total. The number of aromatic nitrogens is 1. The number of amides is 3. The van der Waals surface area contributed by atoms with Crippen LogP contribution < -0.4 is 11.1 Å². The average molecular weight is 330 g/mol. The molecule has 2 aromatic rings. The van der Waals surface area contributed by atoms with Gasteiger partial charge < -0.3 is 20.5 Å². The minimum Gasteiger partial charge on any atom is -0.361 e. The zero-order valence-electron chi connectivity index (χ0n) is 14.1. The van der Waals surface area contributed by atoms with Crippen molar-refractivity contribution < 1.29 is 14.1 Å². The standard InChI is InChI=1S/C17H22N4O3/c1-11-14(12(2)24-20-11)10-21(3)16(22)9-15(19-17(18)23)13-7-5-4-6-8-13/h4-8,15H,9-10H2,1-3H3,(H3,18,19,23)/t15-/m1/s1. The van der Waals surface area contributed by atoms with E-state index in [2.05, 4.69) is 10.5 Å². The van der Waals surface area contributed by atoms with Crippen LogP contribution in [0, 0.1) is 13.8 Å². The Morgan fingerprint density at radius 1 is 1.29 bits per heavy atom. The van der Waals surface area contributed by atoms with Crippen LogP contribution in [0.5, 0.6) is 0 Å². The highest BCUT2D eigenvalue weighted by atomic mass is 16.5. The van der Waals surface area contributed by atoms with Crippen molar-refractivity contribution in [2.24, 2.45) is 5.73 Å². The normalized spacial score (nSPS) is 11.8. The molecule has 1 atom stereocenters. The van der Waals surface area contributed by atoms with E-state index in [9.17, 15) is 9.59 Å². The van der Waals surface area contributed by atoms with E-state index in [1.54, 1.807) is 11.9 Å². The molecule has 2 rings (SSSR count). The molecule has 128 valence electrons. The predicted octanol–water partition coefficient (Wildman–Crippen LogP) is 2.05. The monoisotopic (exact) mass is 330 g/mol. The van der Waals surface area contributed by atoms with Gasteiger partial charge in [-0.15, -0.1) is 0 Å². The first-order chi connectivity index (χ1) is 11.4. The molecule has 1 aromatic carbocycles. The SMILES string of the molecule is Cc1noc(C)c1CN(C)C(=O)C[C@@H](NC(N)=O)c1ccccc1. The van der Waals surface area contributed by atoms with Gasteiger partial charge in [-0.1, -0.05) is 35.5 Å². The fourth-order valence-corrected chi connectivity index (χ4v) is 2.49. The van der Waals surface area contributed by atoms with Crippen LogP contribution in [0.15, 0.2) is 34.9 Å². The number of urea groups is 1. The summed E-state index contributed by atoms with van der Waals surface area (Å²) in [5, 5.41) is 6.51. The number of carbonyl (C=O) groups excluding carboxylic acids is 2. The minimum atomic E-state index is -0.662. The van der Waals surface area contributed by atoms with Crippen molar-refractivity contribution in [2.45, 2.75) is 32.9 Å². The average Bonchev–Trinajstić information content (AvgIpc) is 2.86. The second-order valence-electron chi connectivity index (χ2n) is 5.73. The lowest BCUT2D eigenvalue weighted by molar-refractivity contribution is -0.130. The largest absolute Gasteiger partial charge is 0.361 e.